The van der Waals surface area contributed by atoms with E-state index in [2.05, 4.69) is 19.5 Å². The second kappa shape index (κ2) is 9.75. The quantitative estimate of drug-likeness (QED) is 0.574. The summed E-state index contributed by atoms with van der Waals surface area (Å²) in [6.07, 6.45) is 1.66. The van der Waals surface area contributed by atoms with Gasteiger partial charge in [0.2, 0.25) is 10.0 Å². The van der Waals surface area contributed by atoms with E-state index in [1.807, 2.05) is 12.1 Å². The fourth-order valence-corrected chi connectivity index (χ4v) is 4.94. The minimum Gasteiger partial charge on any atom is -0.368 e. The third-order valence-electron chi connectivity index (χ3n) is 5.44. The molecule has 0 bridgehead atoms. The Morgan fingerprint density at radius 3 is 2.39 bits per heavy atom. The smallest absolute Gasteiger partial charge is 0.240 e. The lowest BCUT2D eigenvalue weighted by molar-refractivity contribution is 0.581. The summed E-state index contributed by atoms with van der Waals surface area (Å²) in [5, 5.41) is 9.04. The first-order valence-corrected chi connectivity index (χ1v) is 12.1. The van der Waals surface area contributed by atoms with Gasteiger partial charge in [-0.3, -0.25) is 0 Å². The molecule has 1 saturated heterocycles. The summed E-state index contributed by atoms with van der Waals surface area (Å²) in [6.45, 7) is 3.10. The second-order valence-corrected chi connectivity index (χ2v) is 9.72. The van der Waals surface area contributed by atoms with Gasteiger partial charge in [0.05, 0.1) is 15.5 Å². The zero-order chi connectivity index (χ0) is 23.4. The number of nitriles is 1. The third kappa shape index (κ3) is 5.42. The Morgan fingerprint density at radius 1 is 1.03 bits per heavy atom. The lowest BCUT2D eigenvalue weighted by Crippen LogP contribution is -2.46. The molecule has 1 aliphatic heterocycles. The number of halogens is 2. The number of aromatic nitrogens is 1. The number of hydrogen-bond donors (Lipinski definition) is 1. The van der Waals surface area contributed by atoms with Crippen LogP contribution in [0, 0.1) is 17.1 Å². The van der Waals surface area contributed by atoms with Crippen LogP contribution in [-0.4, -0.2) is 39.6 Å². The molecule has 7 nitrogen and oxygen atoms in total. The van der Waals surface area contributed by atoms with E-state index in [0.717, 1.165) is 43.2 Å². The van der Waals surface area contributed by atoms with Crippen LogP contribution in [0.25, 0.3) is 0 Å². The van der Waals surface area contributed by atoms with Crippen molar-refractivity contribution in [2.24, 2.45) is 0 Å². The highest BCUT2D eigenvalue weighted by Gasteiger charge is 2.20. The highest BCUT2D eigenvalue weighted by Crippen LogP contribution is 2.22. The van der Waals surface area contributed by atoms with Crippen LogP contribution < -0.4 is 14.5 Å². The van der Waals surface area contributed by atoms with Crippen molar-refractivity contribution in [2.45, 2.75) is 11.4 Å². The van der Waals surface area contributed by atoms with Crippen LogP contribution >= 0.6 is 11.6 Å². The summed E-state index contributed by atoms with van der Waals surface area (Å²) in [5.74, 6) is 0.517. The van der Waals surface area contributed by atoms with Crippen molar-refractivity contribution in [3.8, 4) is 6.07 Å². The van der Waals surface area contributed by atoms with E-state index < -0.39 is 10.0 Å². The molecule has 0 spiro atoms. The van der Waals surface area contributed by atoms with Gasteiger partial charge in [-0.1, -0.05) is 11.6 Å². The molecule has 0 aliphatic carbocycles. The SMILES string of the molecule is N#Cc1ccc(S(=O)(=O)NCc2ccnc(N3CCN(c4ccc(F)cc4)CC3)c2)cc1Cl. The topological polar surface area (TPSA) is 89.3 Å². The van der Waals surface area contributed by atoms with Crippen LogP contribution in [-0.2, 0) is 16.6 Å². The van der Waals surface area contributed by atoms with E-state index in [1.165, 1.54) is 30.3 Å². The van der Waals surface area contributed by atoms with E-state index in [9.17, 15) is 12.8 Å². The van der Waals surface area contributed by atoms with E-state index in [4.69, 9.17) is 16.9 Å². The predicted octanol–water partition coefficient (Wildman–Crippen LogP) is 3.55. The van der Waals surface area contributed by atoms with Crippen LogP contribution in [0.15, 0.2) is 65.7 Å². The molecule has 0 atom stereocenters. The van der Waals surface area contributed by atoms with Crippen molar-refractivity contribution in [3.63, 3.8) is 0 Å². The maximum Gasteiger partial charge on any atom is 0.240 e. The van der Waals surface area contributed by atoms with Crippen LogP contribution in [0.1, 0.15) is 11.1 Å². The van der Waals surface area contributed by atoms with Crippen molar-refractivity contribution >= 4 is 33.1 Å². The normalized spacial score (nSPS) is 14.2. The van der Waals surface area contributed by atoms with Gasteiger partial charge in [-0.05, 0) is 60.2 Å². The molecule has 2 aromatic carbocycles. The maximum atomic E-state index is 13.2. The van der Waals surface area contributed by atoms with Crippen molar-refractivity contribution < 1.29 is 12.8 Å². The lowest BCUT2D eigenvalue weighted by atomic mass is 10.2. The lowest BCUT2D eigenvalue weighted by Gasteiger charge is -2.36. The van der Waals surface area contributed by atoms with Gasteiger partial charge in [0.1, 0.15) is 17.7 Å². The molecule has 3 aromatic rings. The van der Waals surface area contributed by atoms with Crippen molar-refractivity contribution in [1.82, 2.24) is 9.71 Å². The minimum atomic E-state index is -3.80. The summed E-state index contributed by atoms with van der Waals surface area (Å²) in [4.78, 5) is 8.76. The van der Waals surface area contributed by atoms with E-state index in [1.54, 1.807) is 24.4 Å². The second-order valence-electron chi connectivity index (χ2n) is 7.55. The van der Waals surface area contributed by atoms with Crippen LogP contribution in [0.2, 0.25) is 5.02 Å². The highest BCUT2D eigenvalue weighted by molar-refractivity contribution is 7.89. The van der Waals surface area contributed by atoms with E-state index in [0.29, 0.717) is 0 Å². The molecule has 1 fully saturated rings. The standard InChI is InChI=1S/C23H21ClFN5O2S/c24-22-14-21(6-1-18(22)15-26)33(31,32)28-16-17-7-8-27-23(13-17)30-11-9-29(10-12-30)20-4-2-19(25)3-5-20/h1-8,13-14,28H,9-12,16H2. The average Bonchev–Trinajstić information content (AvgIpc) is 2.83. The summed E-state index contributed by atoms with van der Waals surface area (Å²) < 4.78 is 41.0. The van der Waals surface area contributed by atoms with Gasteiger partial charge in [-0.25, -0.2) is 22.5 Å². The molecule has 0 radical (unpaired) electrons. The Hall–Kier alpha value is -3.19. The number of pyridine rings is 1. The van der Waals surface area contributed by atoms with Crippen molar-refractivity contribution in [3.05, 3.63) is 82.8 Å². The Bertz CT molecular complexity index is 1290. The molecule has 10 heteroatoms. The minimum absolute atomic E-state index is 0.00213. The number of nitrogens with one attached hydrogen (secondary N) is 1. The van der Waals surface area contributed by atoms with Crippen LogP contribution in [0.5, 0.6) is 0 Å². The van der Waals surface area contributed by atoms with Gasteiger partial charge in [0.25, 0.3) is 0 Å². The first-order valence-electron chi connectivity index (χ1n) is 10.3. The fraction of sp³-hybridized carbons (Fsp3) is 0.217. The van der Waals surface area contributed by atoms with E-state index >= 15 is 0 Å². The molecule has 1 N–H and O–H groups in total. The summed E-state index contributed by atoms with van der Waals surface area (Å²) >= 11 is 5.97. The number of anilines is 2. The van der Waals surface area contributed by atoms with Crippen molar-refractivity contribution in [2.75, 3.05) is 36.0 Å². The molecule has 0 unspecified atom stereocenters. The van der Waals surface area contributed by atoms with Gasteiger partial charge < -0.3 is 9.80 Å². The number of benzene rings is 2. The molecule has 2 heterocycles. The monoisotopic (exact) mass is 485 g/mol. The Kier molecular flexibility index (Phi) is 6.79. The first-order chi connectivity index (χ1) is 15.9. The summed E-state index contributed by atoms with van der Waals surface area (Å²) in [5.41, 5.74) is 1.97. The summed E-state index contributed by atoms with van der Waals surface area (Å²) in [7, 11) is -3.80. The Morgan fingerprint density at radius 2 is 1.73 bits per heavy atom. The van der Waals surface area contributed by atoms with Gasteiger partial charge in [0.15, 0.2) is 0 Å². The number of rotatable bonds is 6. The van der Waals surface area contributed by atoms with Gasteiger partial charge in [0, 0.05) is 44.6 Å². The molecule has 170 valence electrons. The highest BCUT2D eigenvalue weighted by atomic mass is 35.5. The molecular weight excluding hydrogens is 465 g/mol. The molecule has 1 aliphatic rings. The molecule has 0 amide bonds. The zero-order valence-electron chi connectivity index (χ0n) is 17.6. The Balaban J connectivity index is 1.39. The van der Waals surface area contributed by atoms with Gasteiger partial charge in [-0.15, -0.1) is 0 Å². The Labute approximate surface area is 197 Å². The number of sulfonamides is 1. The predicted molar refractivity (Wildman–Crippen MR) is 125 cm³/mol. The number of hydrogen-bond acceptors (Lipinski definition) is 6. The molecule has 0 saturated carbocycles. The van der Waals surface area contributed by atoms with Gasteiger partial charge in [-0.2, -0.15) is 5.26 Å². The fourth-order valence-electron chi connectivity index (χ4n) is 3.60. The molecule has 33 heavy (non-hydrogen) atoms. The largest absolute Gasteiger partial charge is 0.368 e. The van der Waals surface area contributed by atoms with E-state index in [-0.39, 0.29) is 27.8 Å². The average molecular weight is 486 g/mol. The number of nitrogens with zero attached hydrogens (tertiary/aromatic N) is 4. The molecular formula is C23H21ClFN5O2S. The van der Waals surface area contributed by atoms with Gasteiger partial charge >= 0.3 is 0 Å². The maximum absolute atomic E-state index is 13.2. The van der Waals surface area contributed by atoms with Crippen molar-refractivity contribution in [1.29, 1.82) is 5.26 Å². The molecule has 1 aromatic heterocycles. The van der Waals surface area contributed by atoms with Crippen LogP contribution in [0.4, 0.5) is 15.9 Å². The number of piperazine rings is 1. The van der Waals surface area contributed by atoms with Crippen LogP contribution in [0.3, 0.4) is 0 Å². The first kappa shape index (κ1) is 23.0. The third-order valence-corrected chi connectivity index (χ3v) is 7.15. The molecule has 4 rings (SSSR count). The zero-order valence-corrected chi connectivity index (χ0v) is 19.2. The summed E-state index contributed by atoms with van der Waals surface area (Å²) in [6, 6.07) is 16.0.